The molecule has 0 saturated heterocycles. The van der Waals surface area contributed by atoms with Crippen LogP contribution in [0.1, 0.15) is 35.2 Å². The van der Waals surface area contributed by atoms with Gasteiger partial charge in [0.2, 0.25) is 0 Å². The molecule has 0 aliphatic heterocycles. The van der Waals surface area contributed by atoms with Gasteiger partial charge in [0.25, 0.3) is 5.91 Å². The number of hydrogen-bond donors (Lipinski definition) is 2. The van der Waals surface area contributed by atoms with E-state index < -0.39 is 0 Å². The third-order valence-corrected chi connectivity index (χ3v) is 5.45. The fourth-order valence-corrected chi connectivity index (χ4v) is 3.37. The molecule has 0 bridgehead atoms. The van der Waals surface area contributed by atoms with Crippen molar-refractivity contribution in [3.63, 3.8) is 0 Å². The summed E-state index contributed by atoms with van der Waals surface area (Å²) >= 11 is 1.88. The molecule has 2 N–H and O–H groups in total. The molecule has 0 unspecified atom stereocenters. The lowest BCUT2D eigenvalue weighted by atomic mass is 9.84. The SMILES string of the molecule is CNc1ccc(C(=O)NCC2(SC)CCC2)cc1C. The Morgan fingerprint density at radius 3 is 2.63 bits per heavy atom. The second-order valence-electron chi connectivity index (χ2n) is 5.20. The van der Waals surface area contributed by atoms with Crippen molar-refractivity contribution >= 4 is 23.4 Å². The fourth-order valence-electron chi connectivity index (χ4n) is 2.45. The first kappa shape index (κ1) is 14.3. The van der Waals surface area contributed by atoms with Crippen LogP contribution in [-0.4, -0.2) is 30.5 Å². The van der Waals surface area contributed by atoms with Crippen LogP contribution in [0.3, 0.4) is 0 Å². The number of aryl methyl sites for hydroxylation is 1. The van der Waals surface area contributed by atoms with Crippen LogP contribution in [0.15, 0.2) is 18.2 Å². The maximum Gasteiger partial charge on any atom is 0.251 e. The molecule has 1 aliphatic carbocycles. The number of rotatable bonds is 5. The topological polar surface area (TPSA) is 41.1 Å². The van der Waals surface area contributed by atoms with E-state index in [0.717, 1.165) is 23.4 Å². The van der Waals surface area contributed by atoms with Crippen LogP contribution in [-0.2, 0) is 0 Å². The Bertz CT molecular complexity index is 464. The number of anilines is 1. The zero-order valence-electron chi connectivity index (χ0n) is 11.9. The molecule has 1 aromatic carbocycles. The van der Waals surface area contributed by atoms with Gasteiger partial charge >= 0.3 is 0 Å². The number of carbonyl (C=O) groups excluding carboxylic acids is 1. The highest BCUT2D eigenvalue weighted by atomic mass is 32.2. The molecule has 0 atom stereocenters. The molecule has 104 valence electrons. The van der Waals surface area contributed by atoms with Gasteiger partial charge in [0, 0.05) is 29.6 Å². The monoisotopic (exact) mass is 278 g/mol. The third-order valence-electron chi connectivity index (χ3n) is 4.03. The summed E-state index contributed by atoms with van der Waals surface area (Å²) in [6.45, 7) is 2.79. The van der Waals surface area contributed by atoms with Crippen LogP contribution in [0.4, 0.5) is 5.69 Å². The summed E-state index contributed by atoms with van der Waals surface area (Å²) in [5.41, 5.74) is 2.90. The minimum absolute atomic E-state index is 0.0334. The normalized spacial score (nSPS) is 16.6. The Morgan fingerprint density at radius 1 is 1.42 bits per heavy atom. The van der Waals surface area contributed by atoms with Crippen molar-refractivity contribution in [2.24, 2.45) is 0 Å². The number of nitrogens with one attached hydrogen (secondary N) is 2. The van der Waals surface area contributed by atoms with Crippen molar-refractivity contribution in [1.82, 2.24) is 5.32 Å². The minimum Gasteiger partial charge on any atom is -0.388 e. The van der Waals surface area contributed by atoms with Gasteiger partial charge in [-0.3, -0.25) is 4.79 Å². The Morgan fingerprint density at radius 2 is 2.16 bits per heavy atom. The van der Waals surface area contributed by atoms with Gasteiger partial charge in [-0.2, -0.15) is 11.8 Å². The zero-order chi connectivity index (χ0) is 13.9. The molecule has 19 heavy (non-hydrogen) atoms. The van der Waals surface area contributed by atoms with Crippen LogP contribution < -0.4 is 10.6 Å². The standard InChI is InChI=1S/C15H22N2OS/c1-11-9-12(5-6-13(11)16-2)14(18)17-10-15(19-3)7-4-8-15/h5-6,9,16H,4,7-8,10H2,1-3H3,(H,17,18). The first-order valence-corrected chi connectivity index (χ1v) is 7.94. The molecule has 0 radical (unpaired) electrons. The Balaban J connectivity index is 1.98. The maximum absolute atomic E-state index is 12.2. The zero-order valence-corrected chi connectivity index (χ0v) is 12.7. The van der Waals surface area contributed by atoms with Crippen LogP contribution in [0.2, 0.25) is 0 Å². The molecule has 1 amide bonds. The fraction of sp³-hybridized carbons (Fsp3) is 0.533. The molecule has 4 heteroatoms. The van der Waals surface area contributed by atoms with E-state index in [0.29, 0.717) is 0 Å². The van der Waals surface area contributed by atoms with Gasteiger partial charge in [0.15, 0.2) is 0 Å². The van der Waals surface area contributed by atoms with Gasteiger partial charge in [-0.15, -0.1) is 0 Å². The molecule has 2 rings (SSSR count). The van der Waals surface area contributed by atoms with Crippen molar-refractivity contribution in [1.29, 1.82) is 0 Å². The van der Waals surface area contributed by atoms with E-state index in [9.17, 15) is 4.79 Å². The number of thioether (sulfide) groups is 1. The molecule has 1 aliphatic rings. The van der Waals surface area contributed by atoms with Crippen molar-refractivity contribution in [2.75, 3.05) is 25.2 Å². The Labute approximate surface area is 119 Å². The number of carbonyl (C=O) groups is 1. The lowest BCUT2D eigenvalue weighted by molar-refractivity contribution is 0.0944. The second-order valence-corrected chi connectivity index (χ2v) is 6.48. The average Bonchev–Trinajstić information content (AvgIpc) is 2.37. The maximum atomic E-state index is 12.2. The van der Waals surface area contributed by atoms with E-state index >= 15 is 0 Å². The summed E-state index contributed by atoms with van der Waals surface area (Å²) in [6.07, 6.45) is 5.85. The molecule has 1 fully saturated rings. The Hall–Kier alpha value is -1.16. The van der Waals surface area contributed by atoms with Gasteiger partial charge in [0.05, 0.1) is 0 Å². The van der Waals surface area contributed by atoms with Crippen molar-refractivity contribution < 1.29 is 4.79 Å². The smallest absolute Gasteiger partial charge is 0.251 e. The molecule has 1 saturated carbocycles. The van der Waals surface area contributed by atoms with Crippen LogP contribution >= 0.6 is 11.8 Å². The van der Waals surface area contributed by atoms with E-state index in [1.807, 2.05) is 43.9 Å². The summed E-state index contributed by atoms with van der Waals surface area (Å²) in [6, 6.07) is 5.77. The first-order valence-electron chi connectivity index (χ1n) is 6.72. The highest BCUT2D eigenvalue weighted by Crippen LogP contribution is 2.42. The lowest BCUT2D eigenvalue weighted by Crippen LogP contribution is -2.45. The lowest BCUT2D eigenvalue weighted by Gasteiger charge is -2.40. The number of hydrogen-bond acceptors (Lipinski definition) is 3. The Kier molecular flexibility index (Phi) is 4.40. The minimum atomic E-state index is 0.0334. The summed E-state index contributed by atoms with van der Waals surface area (Å²) in [5.74, 6) is 0.0334. The highest BCUT2D eigenvalue weighted by molar-refractivity contribution is 8.00. The largest absolute Gasteiger partial charge is 0.388 e. The quantitative estimate of drug-likeness (QED) is 0.870. The number of amides is 1. The van der Waals surface area contributed by atoms with Crippen molar-refractivity contribution in [2.45, 2.75) is 30.9 Å². The molecular weight excluding hydrogens is 256 g/mol. The van der Waals surface area contributed by atoms with E-state index in [2.05, 4.69) is 16.9 Å². The summed E-state index contributed by atoms with van der Waals surface area (Å²) in [4.78, 5) is 12.2. The van der Waals surface area contributed by atoms with E-state index in [1.165, 1.54) is 19.3 Å². The van der Waals surface area contributed by atoms with Crippen molar-refractivity contribution in [3.05, 3.63) is 29.3 Å². The summed E-state index contributed by atoms with van der Waals surface area (Å²) < 4.78 is 0.287. The first-order chi connectivity index (χ1) is 9.10. The molecular formula is C15H22N2OS. The second kappa shape index (κ2) is 5.87. The highest BCUT2D eigenvalue weighted by Gasteiger charge is 2.36. The molecule has 1 aromatic rings. The van der Waals surface area contributed by atoms with Gasteiger partial charge in [-0.25, -0.2) is 0 Å². The van der Waals surface area contributed by atoms with Gasteiger partial charge in [-0.05, 0) is 49.8 Å². The molecule has 0 spiro atoms. The molecule has 0 aromatic heterocycles. The third kappa shape index (κ3) is 3.06. The van der Waals surface area contributed by atoms with Gasteiger partial charge in [0.1, 0.15) is 0 Å². The van der Waals surface area contributed by atoms with Gasteiger partial charge < -0.3 is 10.6 Å². The van der Waals surface area contributed by atoms with E-state index in [1.54, 1.807) is 0 Å². The van der Waals surface area contributed by atoms with Crippen molar-refractivity contribution in [3.8, 4) is 0 Å². The van der Waals surface area contributed by atoms with Gasteiger partial charge in [-0.1, -0.05) is 6.42 Å². The molecule has 3 nitrogen and oxygen atoms in total. The summed E-state index contributed by atoms with van der Waals surface area (Å²) in [7, 11) is 1.89. The number of benzene rings is 1. The average molecular weight is 278 g/mol. The van der Waals surface area contributed by atoms with E-state index in [-0.39, 0.29) is 10.7 Å². The van der Waals surface area contributed by atoms with Crippen LogP contribution in [0.5, 0.6) is 0 Å². The van der Waals surface area contributed by atoms with Crippen LogP contribution in [0, 0.1) is 6.92 Å². The van der Waals surface area contributed by atoms with Crippen LogP contribution in [0.25, 0.3) is 0 Å². The van der Waals surface area contributed by atoms with E-state index in [4.69, 9.17) is 0 Å². The summed E-state index contributed by atoms with van der Waals surface area (Å²) in [5, 5.41) is 6.19. The molecule has 0 heterocycles. The predicted molar refractivity (Wildman–Crippen MR) is 83.2 cm³/mol. The predicted octanol–water partition coefficient (Wildman–Crippen LogP) is 3.05.